The molecule has 56 heavy (non-hydrogen) atoms. The molecule has 0 bridgehead atoms. The highest BCUT2D eigenvalue weighted by Crippen LogP contribution is 2.23. The maximum Gasteiger partial charge on any atom is 0.407 e. The van der Waals surface area contributed by atoms with Crippen LogP contribution in [0.3, 0.4) is 0 Å². The number of methoxy groups -OCH3 is 2. The summed E-state index contributed by atoms with van der Waals surface area (Å²) in [5.74, 6) is -1.03. The number of hydrogen-bond acceptors (Lipinski definition) is 12. The SMILES string of the molecule is COC(=O)N[C@H](C(=O)N[C@@H](Cc1ccccc1)[C@@H](O)CN(Cc1ccc(-c2ccccn2)cc1)NC(=O)[C@@H](NC(=O)OC)C(C)(C)C)C(C)(C)C.O=S(O)OO. The topological polar surface area (TPSA) is 238 Å². The van der Waals surface area contributed by atoms with E-state index in [0.717, 1.165) is 22.4 Å². The van der Waals surface area contributed by atoms with Gasteiger partial charge in [-0.25, -0.2) is 19.9 Å². The lowest BCUT2D eigenvalue weighted by molar-refractivity contribution is -0.132. The summed E-state index contributed by atoms with van der Waals surface area (Å²) in [5.41, 5.74) is 4.88. The predicted molar refractivity (Wildman–Crippen MR) is 208 cm³/mol. The van der Waals surface area contributed by atoms with E-state index in [1.54, 1.807) is 32.0 Å². The monoisotopic (exact) mass is 802 g/mol. The summed E-state index contributed by atoms with van der Waals surface area (Å²) in [4.78, 5) is 56.3. The van der Waals surface area contributed by atoms with Gasteiger partial charge < -0.3 is 30.5 Å². The molecular formula is C38H54N6O11S. The molecule has 0 saturated carbocycles. The Labute approximate surface area is 329 Å². The lowest BCUT2D eigenvalue weighted by Gasteiger charge is -2.35. The van der Waals surface area contributed by atoms with Gasteiger partial charge in [0.05, 0.1) is 32.1 Å². The third kappa shape index (κ3) is 16.4. The van der Waals surface area contributed by atoms with Crippen molar-refractivity contribution in [2.24, 2.45) is 10.8 Å². The van der Waals surface area contributed by atoms with E-state index in [-0.39, 0.29) is 19.5 Å². The highest BCUT2D eigenvalue weighted by molar-refractivity contribution is 7.74. The Morgan fingerprint density at radius 2 is 1.29 bits per heavy atom. The minimum absolute atomic E-state index is 0.120. The van der Waals surface area contributed by atoms with Gasteiger partial charge in [0.15, 0.2) is 0 Å². The summed E-state index contributed by atoms with van der Waals surface area (Å²) in [6.07, 6.45) is -0.778. The molecule has 0 aliphatic carbocycles. The van der Waals surface area contributed by atoms with E-state index in [1.807, 2.05) is 93.6 Å². The van der Waals surface area contributed by atoms with Crippen LogP contribution < -0.4 is 21.4 Å². The first-order chi connectivity index (χ1) is 26.3. The number of rotatable bonds is 15. The average Bonchev–Trinajstić information content (AvgIpc) is 3.15. The molecule has 0 aliphatic rings. The van der Waals surface area contributed by atoms with E-state index in [4.69, 9.17) is 23.5 Å². The zero-order valence-corrected chi connectivity index (χ0v) is 33.7. The second-order valence-corrected chi connectivity index (χ2v) is 15.4. The molecule has 308 valence electrons. The number of aliphatic hydroxyl groups excluding tert-OH is 1. The average molecular weight is 803 g/mol. The Morgan fingerprint density at radius 1 is 0.768 bits per heavy atom. The molecule has 0 fully saturated rings. The lowest BCUT2D eigenvalue weighted by Crippen LogP contribution is -2.60. The number of aliphatic hydroxyl groups is 1. The molecule has 0 aliphatic heterocycles. The standard InChI is InChI=1S/C38H52N6O7.H2O4S/c1-37(2,3)31(41-35(48)50-7)33(46)40-29(22-25-14-10-9-11-15-25)30(45)24-44(43-34(47)32(38(4,5)6)42-36(49)51-8)23-26-17-19-27(20-18-26)28-16-12-13-21-39-28;1-4-5(2)3/h9-21,29-32,45H,22-24H2,1-8H3,(H,40,46)(H,41,48)(H,42,49)(H,43,47);1H,(H,2,3)/t29-,30-,31+,32+;/m0./s1. The number of pyridine rings is 1. The molecule has 3 aromatic rings. The van der Waals surface area contributed by atoms with Gasteiger partial charge in [0.25, 0.3) is 5.91 Å². The van der Waals surface area contributed by atoms with E-state index in [0.29, 0.717) is 0 Å². The van der Waals surface area contributed by atoms with Crippen LogP contribution in [0.2, 0.25) is 0 Å². The van der Waals surface area contributed by atoms with Gasteiger partial charge in [-0.3, -0.25) is 24.6 Å². The number of carbonyl (C=O) groups is 4. The van der Waals surface area contributed by atoms with E-state index in [2.05, 4.69) is 30.7 Å². The maximum atomic E-state index is 13.8. The van der Waals surface area contributed by atoms with Gasteiger partial charge in [0.2, 0.25) is 5.91 Å². The van der Waals surface area contributed by atoms with E-state index in [9.17, 15) is 24.3 Å². The van der Waals surface area contributed by atoms with Crippen molar-refractivity contribution in [3.63, 3.8) is 0 Å². The third-order valence-corrected chi connectivity index (χ3v) is 8.40. The first-order valence-corrected chi connectivity index (χ1v) is 18.5. The van der Waals surface area contributed by atoms with Gasteiger partial charge in [0, 0.05) is 24.8 Å². The fourth-order valence-electron chi connectivity index (χ4n) is 5.38. The summed E-state index contributed by atoms with van der Waals surface area (Å²) < 4.78 is 28.7. The largest absolute Gasteiger partial charge is 0.453 e. The highest BCUT2D eigenvalue weighted by Gasteiger charge is 2.37. The number of benzene rings is 2. The highest BCUT2D eigenvalue weighted by atomic mass is 32.2. The van der Waals surface area contributed by atoms with E-state index >= 15 is 0 Å². The quantitative estimate of drug-likeness (QED) is 0.0658. The number of aromatic nitrogens is 1. The molecule has 17 nitrogen and oxygen atoms in total. The van der Waals surface area contributed by atoms with Crippen molar-refractivity contribution in [1.29, 1.82) is 0 Å². The molecule has 18 heteroatoms. The number of carbonyl (C=O) groups excluding carboxylic acids is 4. The third-order valence-electron chi connectivity index (χ3n) is 8.27. The number of hydrazine groups is 1. The van der Waals surface area contributed by atoms with E-state index in [1.165, 1.54) is 14.2 Å². The number of amides is 4. The molecule has 5 atom stereocenters. The second-order valence-electron chi connectivity index (χ2n) is 14.8. The van der Waals surface area contributed by atoms with Crippen LogP contribution in [-0.2, 0) is 47.7 Å². The Balaban J connectivity index is 0.00000203. The number of nitrogens with one attached hydrogen (secondary N) is 4. The molecule has 0 radical (unpaired) electrons. The van der Waals surface area contributed by atoms with Crippen molar-refractivity contribution >= 4 is 35.4 Å². The Hall–Kier alpha value is -4.98. The van der Waals surface area contributed by atoms with Gasteiger partial charge in [-0.15, -0.1) is 4.33 Å². The summed E-state index contributed by atoms with van der Waals surface area (Å²) >= 11 is -2.52. The van der Waals surface area contributed by atoms with Gasteiger partial charge in [-0.2, -0.15) is 4.21 Å². The maximum absolute atomic E-state index is 13.8. The molecule has 0 saturated heterocycles. The predicted octanol–water partition coefficient (Wildman–Crippen LogP) is 3.82. The molecule has 7 N–H and O–H groups in total. The number of hydrogen-bond donors (Lipinski definition) is 7. The summed E-state index contributed by atoms with van der Waals surface area (Å²) in [7, 11) is 2.44. The first-order valence-electron chi connectivity index (χ1n) is 17.5. The van der Waals surface area contributed by atoms with Crippen molar-refractivity contribution < 1.29 is 52.1 Å². The Morgan fingerprint density at radius 3 is 1.75 bits per heavy atom. The van der Waals surface area contributed by atoms with Gasteiger partial charge >= 0.3 is 23.5 Å². The summed E-state index contributed by atoms with van der Waals surface area (Å²) in [6, 6.07) is 19.8. The van der Waals surface area contributed by atoms with Gasteiger partial charge in [0.1, 0.15) is 12.1 Å². The van der Waals surface area contributed by atoms with Crippen LogP contribution >= 0.6 is 0 Å². The molecule has 3 rings (SSSR count). The molecule has 1 unspecified atom stereocenters. The van der Waals surface area contributed by atoms with Gasteiger partial charge in [-0.1, -0.05) is 102 Å². The minimum atomic E-state index is -2.52. The fourth-order valence-corrected chi connectivity index (χ4v) is 5.38. The van der Waals surface area contributed by atoms with Crippen LogP contribution in [0.5, 0.6) is 0 Å². The zero-order chi connectivity index (χ0) is 42.1. The number of ether oxygens (including phenoxy) is 2. The normalized spacial score (nSPS) is 14.1. The van der Waals surface area contributed by atoms with Gasteiger partial charge in [-0.05, 0) is 40.5 Å². The van der Waals surface area contributed by atoms with Crippen molar-refractivity contribution in [1.82, 2.24) is 31.4 Å². The number of alkyl carbamates (subject to hydrolysis) is 2. The van der Waals surface area contributed by atoms with Crippen molar-refractivity contribution in [3.05, 3.63) is 90.1 Å². The second kappa shape index (κ2) is 22.5. The Bertz CT molecular complexity index is 1710. The first kappa shape index (κ1) is 47.2. The molecule has 0 spiro atoms. The minimum Gasteiger partial charge on any atom is -0.453 e. The van der Waals surface area contributed by atoms with Crippen LogP contribution in [0.1, 0.15) is 52.7 Å². The summed E-state index contributed by atoms with van der Waals surface area (Å²) in [5, 5.41) is 28.7. The molecule has 4 amide bonds. The molecule has 1 heterocycles. The van der Waals surface area contributed by atoms with E-state index < -0.39 is 70.4 Å². The van der Waals surface area contributed by atoms with Crippen LogP contribution in [0.15, 0.2) is 79.0 Å². The van der Waals surface area contributed by atoms with Crippen molar-refractivity contribution in [3.8, 4) is 11.3 Å². The fraction of sp³-hybridized carbons (Fsp3) is 0.447. The van der Waals surface area contributed by atoms with Crippen molar-refractivity contribution in [2.75, 3.05) is 20.8 Å². The van der Waals surface area contributed by atoms with Crippen LogP contribution in [0, 0.1) is 10.8 Å². The van der Waals surface area contributed by atoms with Crippen LogP contribution in [-0.4, -0.2) is 98.1 Å². The molecule has 1 aromatic heterocycles. The summed E-state index contributed by atoms with van der Waals surface area (Å²) in [6.45, 7) is 10.9. The zero-order valence-electron chi connectivity index (χ0n) is 32.8. The lowest BCUT2D eigenvalue weighted by atomic mass is 9.85. The Kier molecular flexibility index (Phi) is 19.0. The van der Waals surface area contributed by atoms with Crippen LogP contribution in [0.4, 0.5) is 9.59 Å². The smallest absolute Gasteiger partial charge is 0.407 e. The number of nitrogens with zero attached hydrogens (tertiary/aromatic N) is 2. The van der Waals surface area contributed by atoms with Crippen molar-refractivity contribution in [2.45, 2.75) is 78.7 Å². The van der Waals surface area contributed by atoms with Crippen LogP contribution in [0.25, 0.3) is 11.3 Å². The molecular weight excluding hydrogens is 749 g/mol. The molecule has 2 aromatic carbocycles.